The van der Waals surface area contributed by atoms with Crippen molar-refractivity contribution < 1.29 is 130 Å². The SMILES string of the molecule is O=C(OCc1cc(O)c(OC2OC(CO)C(O)C(O)C2O)c(O)c1)c1cc(O)c(Oc2c(C(=O)OCc3cc(O)c(OC4OC(CO)C(O)C(O)C4O)c(O)c3)cc(O)c(O)c2O)c(O)c1. The van der Waals surface area contributed by atoms with Crippen LogP contribution in [-0.4, -0.2) is 173 Å². The number of carbonyl (C=O) groups excluding carboxylic acids is 2. The molecule has 0 saturated carbocycles. The van der Waals surface area contributed by atoms with Gasteiger partial charge in [-0.15, -0.1) is 0 Å². The third-order valence-corrected chi connectivity index (χ3v) is 10.0. The van der Waals surface area contributed by atoms with Crippen molar-refractivity contribution in [2.75, 3.05) is 13.2 Å². The number of aliphatic hydroxyl groups is 8. The Labute approximate surface area is 368 Å². The van der Waals surface area contributed by atoms with Crippen LogP contribution in [0.15, 0.2) is 42.5 Å². The Hall–Kier alpha value is -6.98. The maximum absolute atomic E-state index is 13.3. The quantitative estimate of drug-likeness (QED) is 0.0476. The van der Waals surface area contributed by atoms with Gasteiger partial charge in [0.2, 0.25) is 41.3 Å². The Kier molecular flexibility index (Phi) is 14.4. The van der Waals surface area contributed by atoms with Crippen LogP contribution in [0, 0.1) is 0 Å². The van der Waals surface area contributed by atoms with Crippen molar-refractivity contribution in [3.63, 3.8) is 0 Å². The molecule has 10 atom stereocenters. The fraction of sp³-hybridized carbons (Fsp3) is 0.350. The van der Waals surface area contributed by atoms with E-state index in [-0.39, 0.29) is 11.1 Å². The summed E-state index contributed by atoms with van der Waals surface area (Å²) in [7, 11) is 0. The molecule has 26 nitrogen and oxygen atoms in total. The number of rotatable bonds is 14. The highest BCUT2D eigenvalue weighted by molar-refractivity contribution is 5.95. The topological polar surface area (TPSA) is 443 Å². The Morgan fingerprint density at radius 3 is 1.26 bits per heavy atom. The molecular weight excluding hydrogens is 896 g/mol. The molecule has 0 aliphatic carbocycles. The van der Waals surface area contributed by atoms with Crippen LogP contribution in [0.5, 0.6) is 74.7 Å². The summed E-state index contributed by atoms with van der Waals surface area (Å²) >= 11 is 0. The van der Waals surface area contributed by atoms with Crippen molar-refractivity contribution >= 4 is 11.9 Å². The molecule has 2 aliphatic rings. The van der Waals surface area contributed by atoms with E-state index in [1.165, 1.54) is 0 Å². The number of benzene rings is 4. The van der Waals surface area contributed by atoms with E-state index in [0.717, 1.165) is 24.3 Å². The average Bonchev–Trinajstić information content (AvgIpc) is 3.27. The van der Waals surface area contributed by atoms with Gasteiger partial charge in [-0.2, -0.15) is 0 Å². The van der Waals surface area contributed by atoms with Gasteiger partial charge in [0.15, 0.2) is 46.0 Å². The van der Waals surface area contributed by atoms with E-state index in [4.69, 9.17) is 33.2 Å². The Balaban J connectivity index is 1.12. The molecule has 26 heteroatoms. The molecule has 17 N–H and O–H groups in total. The number of ether oxygens (including phenoxy) is 7. The van der Waals surface area contributed by atoms with Crippen molar-refractivity contribution in [1.29, 1.82) is 0 Å². The van der Waals surface area contributed by atoms with Crippen LogP contribution in [0.25, 0.3) is 0 Å². The first-order valence-electron chi connectivity index (χ1n) is 19.1. The van der Waals surface area contributed by atoms with E-state index in [0.29, 0.717) is 18.2 Å². The van der Waals surface area contributed by atoms with Gasteiger partial charge in [0.1, 0.15) is 67.6 Å². The third-order valence-electron chi connectivity index (χ3n) is 10.0. The summed E-state index contributed by atoms with van der Waals surface area (Å²) in [4.78, 5) is 26.2. The van der Waals surface area contributed by atoms with E-state index in [2.05, 4.69) is 0 Å². The maximum atomic E-state index is 13.3. The molecule has 2 saturated heterocycles. The van der Waals surface area contributed by atoms with Gasteiger partial charge in [0.25, 0.3) is 0 Å². The first kappa shape index (κ1) is 48.5. The van der Waals surface area contributed by atoms with Gasteiger partial charge in [-0.1, -0.05) is 0 Å². The molecule has 0 aromatic heterocycles. The molecule has 0 amide bonds. The summed E-state index contributed by atoms with van der Waals surface area (Å²) in [5.41, 5.74) is -1.60. The van der Waals surface area contributed by atoms with Crippen LogP contribution in [0.4, 0.5) is 0 Å². The van der Waals surface area contributed by atoms with Gasteiger partial charge in [-0.3, -0.25) is 0 Å². The predicted octanol–water partition coefficient (Wildman–Crippen LogP) is -2.10. The minimum absolute atomic E-state index is 0.0682. The first-order chi connectivity index (χ1) is 31.1. The van der Waals surface area contributed by atoms with Gasteiger partial charge in [0.05, 0.1) is 18.8 Å². The molecule has 0 bridgehead atoms. The van der Waals surface area contributed by atoms with E-state index in [1.54, 1.807) is 0 Å². The molecule has 4 aromatic carbocycles. The van der Waals surface area contributed by atoms with Crippen LogP contribution < -0.4 is 14.2 Å². The number of hydrogen-bond donors (Lipinski definition) is 17. The number of phenolic OH excluding ortho intramolecular Hbond substituents is 9. The molecule has 0 radical (unpaired) electrons. The normalized spacial score (nSPS) is 25.2. The van der Waals surface area contributed by atoms with Crippen molar-refractivity contribution in [3.05, 3.63) is 64.7 Å². The zero-order chi connectivity index (χ0) is 48.5. The zero-order valence-corrected chi connectivity index (χ0v) is 33.4. The highest BCUT2D eigenvalue weighted by Gasteiger charge is 2.46. The minimum atomic E-state index is -1.91. The molecule has 2 aliphatic heterocycles. The Bertz CT molecular complexity index is 2370. The van der Waals surface area contributed by atoms with Gasteiger partial charge in [-0.05, 0) is 47.5 Å². The summed E-state index contributed by atoms with van der Waals surface area (Å²) in [5.74, 6) is -14.9. The molecule has 4 aromatic rings. The Morgan fingerprint density at radius 2 is 0.848 bits per heavy atom. The number of esters is 2. The number of aromatic hydroxyl groups is 9. The molecule has 66 heavy (non-hydrogen) atoms. The summed E-state index contributed by atoms with van der Waals surface area (Å²) in [6.45, 7) is -3.05. The monoisotopic (exact) mass is 938 g/mol. The summed E-state index contributed by atoms with van der Waals surface area (Å²) in [6, 6.07) is 5.68. The van der Waals surface area contributed by atoms with Gasteiger partial charge >= 0.3 is 11.9 Å². The number of phenols is 9. The van der Waals surface area contributed by atoms with Crippen LogP contribution in [-0.2, 0) is 32.2 Å². The molecule has 6 rings (SSSR count). The second-order valence-corrected chi connectivity index (χ2v) is 14.6. The van der Waals surface area contributed by atoms with Crippen LogP contribution in [0.1, 0.15) is 31.8 Å². The lowest BCUT2D eigenvalue weighted by Crippen LogP contribution is -2.60. The highest BCUT2D eigenvalue weighted by Crippen LogP contribution is 2.50. The molecular formula is C40H42O26. The van der Waals surface area contributed by atoms with Crippen molar-refractivity contribution in [1.82, 2.24) is 0 Å². The minimum Gasteiger partial charge on any atom is -0.504 e. The lowest BCUT2D eigenvalue weighted by atomic mass is 9.99. The molecule has 10 unspecified atom stereocenters. The third kappa shape index (κ3) is 9.82. The van der Waals surface area contributed by atoms with Gasteiger partial charge in [0, 0.05) is 6.07 Å². The molecule has 2 fully saturated rings. The van der Waals surface area contributed by atoms with E-state index in [1.807, 2.05) is 0 Å². The van der Waals surface area contributed by atoms with Crippen molar-refractivity contribution in [3.8, 4) is 74.7 Å². The fourth-order valence-electron chi connectivity index (χ4n) is 6.54. The maximum Gasteiger partial charge on any atom is 0.342 e. The number of hydrogen-bond acceptors (Lipinski definition) is 26. The number of aliphatic hydroxyl groups excluding tert-OH is 8. The van der Waals surface area contributed by atoms with Crippen LogP contribution in [0.3, 0.4) is 0 Å². The van der Waals surface area contributed by atoms with E-state index >= 15 is 0 Å². The van der Waals surface area contributed by atoms with Crippen LogP contribution in [0.2, 0.25) is 0 Å². The van der Waals surface area contributed by atoms with Crippen LogP contribution >= 0.6 is 0 Å². The summed E-state index contributed by atoms with van der Waals surface area (Å²) < 4.78 is 36.6. The lowest BCUT2D eigenvalue weighted by Gasteiger charge is -2.39. The smallest absolute Gasteiger partial charge is 0.342 e. The zero-order valence-electron chi connectivity index (χ0n) is 33.4. The second-order valence-electron chi connectivity index (χ2n) is 14.6. The summed E-state index contributed by atoms with van der Waals surface area (Å²) in [5, 5.41) is 174. The fourth-order valence-corrected chi connectivity index (χ4v) is 6.54. The number of carbonyl (C=O) groups is 2. The lowest BCUT2D eigenvalue weighted by molar-refractivity contribution is -0.277. The van der Waals surface area contributed by atoms with Gasteiger partial charge < -0.3 is 120 Å². The standard InChI is InChI=1S/C40H42O26/c41-8-23-26(51)28(53)31(56)39(62-23)65-35-17(44)1-12(2-18(35)45)10-60-37(58)14-5-21(48)34(22(49)6-14)64-33-15(7-16(43)25(50)30(33)55)38(59)61-11-13-3-19(46)36(20(47)4-13)66-40-32(57)29(54)27(52)24(9-42)63-40/h1-7,23-24,26-29,31-32,39-57H,8-11H2. The highest BCUT2D eigenvalue weighted by atomic mass is 16.7. The van der Waals surface area contributed by atoms with Crippen molar-refractivity contribution in [2.45, 2.75) is 74.6 Å². The van der Waals surface area contributed by atoms with Crippen molar-refractivity contribution in [2.24, 2.45) is 0 Å². The second kappa shape index (κ2) is 19.6. The molecule has 2 heterocycles. The largest absolute Gasteiger partial charge is 0.504 e. The molecule has 0 spiro atoms. The summed E-state index contributed by atoms with van der Waals surface area (Å²) in [6.07, 6.45) is -17.3. The van der Waals surface area contributed by atoms with E-state index in [9.17, 15) is 96.4 Å². The predicted molar refractivity (Wildman–Crippen MR) is 208 cm³/mol. The van der Waals surface area contributed by atoms with E-state index < -0.39 is 186 Å². The first-order valence-corrected chi connectivity index (χ1v) is 19.1. The average molecular weight is 939 g/mol. The molecule has 358 valence electrons. The van der Waals surface area contributed by atoms with Gasteiger partial charge in [-0.25, -0.2) is 9.59 Å². The Morgan fingerprint density at radius 1 is 0.455 bits per heavy atom.